The van der Waals surface area contributed by atoms with Gasteiger partial charge in [0.15, 0.2) is 0 Å². The Balaban J connectivity index is 1.74. The lowest BCUT2D eigenvalue weighted by molar-refractivity contribution is -0.115. The predicted molar refractivity (Wildman–Crippen MR) is 80.8 cm³/mol. The van der Waals surface area contributed by atoms with Gasteiger partial charge in [0.05, 0.1) is 6.54 Å². The SMILES string of the molecule is Cc1cccc(NC(=O)CNC(C)C2CCOCC2)c1. The standard InChI is InChI=1S/C16H24N2O2/c1-12-4-3-5-15(10-12)18-16(19)11-17-13(2)14-6-8-20-9-7-14/h3-5,10,13-14,17H,6-9,11H2,1-2H3,(H,18,19). The van der Waals surface area contributed by atoms with Crippen LogP contribution in [0.15, 0.2) is 24.3 Å². The van der Waals surface area contributed by atoms with Crippen molar-refractivity contribution < 1.29 is 9.53 Å². The fraction of sp³-hybridized carbons (Fsp3) is 0.562. The Bertz CT molecular complexity index is 442. The molecule has 0 aliphatic carbocycles. The molecule has 1 heterocycles. The van der Waals surface area contributed by atoms with Crippen LogP contribution in [-0.2, 0) is 9.53 Å². The van der Waals surface area contributed by atoms with Gasteiger partial charge < -0.3 is 15.4 Å². The molecule has 0 radical (unpaired) electrons. The molecule has 1 aromatic rings. The highest BCUT2D eigenvalue weighted by molar-refractivity contribution is 5.92. The topological polar surface area (TPSA) is 50.4 Å². The third-order valence-electron chi connectivity index (χ3n) is 3.86. The lowest BCUT2D eigenvalue weighted by Gasteiger charge is -2.28. The summed E-state index contributed by atoms with van der Waals surface area (Å²) in [4.78, 5) is 11.9. The maximum absolute atomic E-state index is 11.9. The zero-order valence-corrected chi connectivity index (χ0v) is 12.3. The number of carbonyl (C=O) groups is 1. The van der Waals surface area contributed by atoms with Crippen molar-refractivity contribution in [1.82, 2.24) is 5.32 Å². The van der Waals surface area contributed by atoms with E-state index in [0.717, 1.165) is 37.3 Å². The summed E-state index contributed by atoms with van der Waals surface area (Å²) in [6.45, 7) is 6.20. The smallest absolute Gasteiger partial charge is 0.238 e. The van der Waals surface area contributed by atoms with Gasteiger partial charge in [-0.2, -0.15) is 0 Å². The Hall–Kier alpha value is -1.39. The van der Waals surface area contributed by atoms with Crippen LogP contribution in [-0.4, -0.2) is 31.7 Å². The number of aryl methyl sites for hydroxylation is 1. The van der Waals surface area contributed by atoms with Gasteiger partial charge >= 0.3 is 0 Å². The molecule has 110 valence electrons. The number of amides is 1. The van der Waals surface area contributed by atoms with E-state index >= 15 is 0 Å². The second-order valence-electron chi connectivity index (χ2n) is 5.54. The molecule has 1 amide bonds. The first-order valence-corrected chi connectivity index (χ1v) is 7.33. The maximum Gasteiger partial charge on any atom is 0.238 e. The van der Waals surface area contributed by atoms with Crippen LogP contribution in [0.1, 0.15) is 25.3 Å². The summed E-state index contributed by atoms with van der Waals surface area (Å²) in [5.41, 5.74) is 2.00. The molecule has 20 heavy (non-hydrogen) atoms. The van der Waals surface area contributed by atoms with E-state index in [-0.39, 0.29) is 5.91 Å². The number of rotatable bonds is 5. The van der Waals surface area contributed by atoms with Gasteiger partial charge in [0.25, 0.3) is 0 Å². The molecule has 0 saturated carbocycles. The second kappa shape index (κ2) is 7.41. The Labute approximate surface area is 120 Å². The number of carbonyl (C=O) groups excluding carboxylic acids is 1. The average molecular weight is 276 g/mol. The number of hydrogen-bond acceptors (Lipinski definition) is 3. The van der Waals surface area contributed by atoms with E-state index in [0.29, 0.717) is 18.5 Å². The first kappa shape index (κ1) is 15.0. The van der Waals surface area contributed by atoms with Crippen molar-refractivity contribution in [2.45, 2.75) is 32.7 Å². The Morgan fingerprint density at radius 2 is 2.15 bits per heavy atom. The van der Waals surface area contributed by atoms with E-state index in [9.17, 15) is 4.79 Å². The summed E-state index contributed by atoms with van der Waals surface area (Å²) in [6.07, 6.45) is 2.15. The monoisotopic (exact) mass is 276 g/mol. The summed E-state index contributed by atoms with van der Waals surface area (Å²) < 4.78 is 5.36. The van der Waals surface area contributed by atoms with Gasteiger partial charge in [-0.25, -0.2) is 0 Å². The number of nitrogens with one attached hydrogen (secondary N) is 2. The molecule has 0 spiro atoms. The second-order valence-corrected chi connectivity index (χ2v) is 5.54. The highest BCUT2D eigenvalue weighted by Gasteiger charge is 2.20. The molecular weight excluding hydrogens is 252 g/mol. The fourth-order valence-electron chi connectivity index (χ4n) is 2.56. The number of hydrogen-bond donors (Lipinski definition) is 2. The van der Waals surface area contributed by atoms with Crippen LogP contribution < -0.4 is 10.6 Å². The van der Waals surface area contributed by atoms with Gasteiger partial charge in [-0.15, -0.1) is 0 Å². The third kappa shape index (κ3) is 4.62. The van der Waals surface area contributed by atoms with E-state index < -0.39 is 0 Å². The Morgan fingerprint density at radius 1 is 1.40 bits per heavy atom. The summed E-state index contributed by atoms with van der Waals surface area (Å²) >= 11 is 0. The minimum absolute atomic E-state index is 0.00881. The van der Waals surface area contributed by atoms with E-state index in [1.807, 2.05) is 31.2 Å². The molecule has 1 fully saturated rings. The van der Waals surface area contributed by atoms with Gasteiger partial charge in [-0.05, 0) is 50.3 Å². The number of benzene rings is 1. The van der Waals surface area contributed by atoms with Crippen molar-refractivity contribution in [3.63, 3.8) is 0 Å². The Kier molecular flexibility index (Phi) is 5.56. The van der Waals surface area contributed by atoms with Gasteiger partial charge in [-0.1, -0.05) is 12.1 Å². The molecule has 1 aromatic carbocycles. The number of anilines is 1. The van der Waals surface area contributed by atoms with E-state index in [1.165, 1.54) is 0 Å². The molecule has 1 unspecified atom stereocenters. The zero-order chi connectivity index (χ0) is 14.4. The minimum atomic E-state index is 0.00881. The largest absolute Gasteiger partial charge is 0.381 e. The van der Waals surface area contributed by atoms with Crippen LogP contribution in [0.2, 0.25) is 0 Å². The predicted octanol–water partition coefficient (Wildman–Crippen LogP) is 2.34. The molecule has 1 aliphatic heterocycles. The first-order chi connectivity index (χ1) is 9.65. The van der Waals surface area contributed by atoms with Crippen LogP contribution in [0.25, 0.3) is 0 Å². The van der Waals surface area contributed by atoms with Crippen LogP contribution in [0.4, 0.5) is 5.69 Å². The third-order valence-corrected chi connectivity index (χ3v) is 3.86. The molecule has 1 atom stereocenters. The molecule has 0 aromatic heterocycles. The van der Waals surface area contributed by atoms with E-state index in [1.54, 1.807) is 0 Å². The van der Waals surface area contributed by atoms with Crippen molar-refractivity contribution in [2.24, 2.45) is 5.92 Å². The zero-order valence-electron chi connectivity index (χ0n) is 12.3. The van der Waals surface area contributed by atoms with Crippen LogP contribution in [0.5, 0.6) is 0 Å². The molecule has 4 heteroatoms. The molecule has 1 saturated heterocycles. The maximum atomic E-state index is 11.9. The number of ether oxygens (including phenoxy) is 1. The quantitative estimate of drug-likeness (QED) is 0.868. The van der Waals surface area contributed by atoms with E-state index in [4.69, 9.17) is 4.74 Å². The lowest BCUT2D eigenvalue weighted by Crippen LogP contribution is -2.40. The highest BCUT2D eigenvalue weighted by atomic mass is 16.5. The van der Waals surface area contributed by atoms with Crippen LogP contribution >= 0.6 is 0 Å². The molecule has 2 N–H and O–H groups in total. The first-order valence-electron chi connectivity index (χ1n) is 7.33. The van der Waals surface area contributed by atoms with Gasteiger partial charge in [0, 0.05) is 24.9 Å². The summed E-state index contributed by atoms with van der Waals surface area (Å²) in [6, 6.07) is 8.19. The lowest BCUT2D eigenvalue weighted by atomic mass is 9.93. The molecular formula is C16H24N2O2. The summed E-state index contributed by atoms with van der Waals surface area (Å²) in [7, 11) is 0. The molecule has 4 nitrogen and oxygen atoms in total. The Morgan fingerprint density at radius 3 is 2.85 bits per heavy atom. The van der Waals surface area contributed by atoms with Crippen LogP contribution in [0.3, 0.4) is 0 Å². The highest BCUT2D eigenvalue weighted by Crippen LogP contribution is 2.18. The normalized spacial score (nSPS) is 17.7. The van der Waals surface area contributed by atoms with Crippen LogP contribution in [0, 0.1) is 12.8 Å². The summed E-state index contributed by atoms with van der Waals surface area (Å²) in [5, 5.41) is 6.23. The molecule has 2 rings (SSSR count). The molecule has 1 aliphatic rings. The average Bonchev–Trinajstić information content (AvgIpc) is 2.46. The fourth-order valence-corrected chi connectivity index (χ4v) is 2.56. The van der Waals surface area contributed by atoms with Crippen molar-refractivity contribution >= 4 is 11.6 Å². The van der Waals surface area contributed by atoms with E-state index in [2.05, 4.69) is 17.6 Å². The van der Waals surface area contributed by atoms with Gasteiger partial charge in [0.2, 0.25) is 5.91 Å². The van der Waals surface area contributed by atoms with Gasteiger partial charge in [-0.3, -0.25) is 4.79 Å². The minimum Gasteiger partial charge on any atom is -0.381 e. The van der Waals surface area contributed by atoms with Crippen molar-refractivity contribution in [3.05, 3.63) is 29.8 Å². The van der Waals surface area contributed by atoms with Crippen molar-refractivity contribution in [2.75, 3.05) is 25.1 Å². The molecule has 0 bridgehead atoms. The summed E-state index contributed by atoms with van der Waals surface area (Å²) in [5.74, 6) is 0.616. The van der Waals surface area contributed by atoms with Crippen molar-refractivity contribution in [3.8, 4) is 0 Å². The van der Waals surface area contributed by atoms with Crippen molar-refractivity contribution in [1.29, 1.82) is 0 Å². The van der Waals surface area contributed by atoms with Gasteiger partial charge in [0.1, 0.15) is 0 Å².